The molecule has 0 aliphatic carbocycles. The van der Waals surface area contributed by atoms with Gasteiger partial charge < -0.3 is 19.7 Å². The van der Waals surface area contributed by atoms with Crippen LogP contribution in [0.1, 0.15) is 23.1 Å². The van der Waals surface area contributed by atoms with Crippen molar-refractivity contribution in [3.05, 3.63) is 59.2 Å². The number of ether oxygens (including phenoxy) is 2. The average molecular weight is 446 g/mol. The second kappa shape index (κ2) is 10.5. The van der Waals surface area contributed by atoms with E-state index in [0.717, 1.165) is 36.0 Å². The smallest absolute Gasteiger partial charge is 0.193 e. The van der Waals surface area contributed by atoms with Crippen LogP contribution < -0.4 is 14.8 Å². The zero-order valence-corrected chi connectivity index (χ0v) is 19.2. The van der Waals surface area contributed by atoms with Crippen molar-refractivity contribution in [1.82, 2.24) is 10.2 Å². The van der Waals surface area contributed by atoms with Gasteiger partial charge in [-0.2, -0.15) is 0 Å². The largest absolute Gasteiger partial charge is 0.493 e. The number of benzene rings is 2. The molecule has 7 nitrogen and oxygen atoms in total. The molecule has 0 unspecified atom stereocenters. The van der Waals surface area contributed by atoms with Gasteiger partial charge in [0, 0.05) is 26.7 Å². The summed E-state index contributed by atoms with van der Waals surface area (Å²) >= 11 is 0. The number of hydrogen-bond acceptors (Lipinski definition) is 5. The molecule has 31 heavy (non-hydrogen) atoms. The van der Waals surface area contributed by atoms with Gasteiger partial charge in [0.15, 0.2) is 27.3 Å². The van der Waals surface area contributed by atoms with Crippen LogP contribution in [-0.2, 0) is 28.6 Å². The minimum atomic E-state index is -3.14. The van der Waals surface area contributed by atoms with Crippen molar-refractivity contribution in [2.75, 3.05) is 40.1 Å². The van der Waals surface area contributed by atoms with E-state index in [1.54, 1.807) is 21.3 Å². The fraction of sp³-hybridized carbons (Fsp3) is 0.435. The molecule has 8 heteroatoms. The second-order valence-corrected chi connectivity index (χ2v) is 9.74. The van der Waals surface area contributed by atoms with Gasteiger partial charge in [-0.05, 0) is 41.7 Å². The maximum absolute atomic E-state index is 12.4. The van der Waals surface area contributed by atoms with Gasteiger partial charge in [0.25, 0.3) is 0 Å². The Morgan fingerprint density at radius 1 is 1.10 bits per heavy atom. The Morgan fingerprint density at radius 2 is 1.77 bits per heavy atom. The average Bonchev–Trinajstić information content (AvgIpc) is 2.78. The molecular weight excluding hydrogens is 414 g/mol. The molecule has 0 radical (unpaired) electrons. The van der Waals surface area contributed by atoms with E-state index in [1.165, 1.54) is 11.1 Å². The van der Waals surface area contributed by atoms with Crippen molar-refractivity contribution in [3.8, 4) is 11.5 Å². The highest BCUT2D eigenvalue weighted by atomic mass is 32.2. The van der Waals surface area contributed by atoms with Crippen LogP contribution in [0.2, 0.25) is 0 Å². The molecule has 0 saturated carbocycles. The third-order valence-corrected chi connectivity index (χ3v) is 7.06. The molecule has 0 saturated heterocycles. The molecule has 0 atom stereocenters. The van der Waals surface area contributed by atoms with E-state index in [9.17, 15) is 8.42 Å². The monoisotopic (exact) mass is 445 g/mol. The Hall–Kier alpha value is -2.74. The molecule has 2 aromatic carbocycles. The standard InChI is InChI=1S/C23H31N3O4S/c1-24-23(25-11-7-13-31(27,28)17-18-8-5-4-6-9-18)26-12-10-19-14-21(29-2)22(30-3)15-20(19)16-26/h4-6,8-9,14-15H,7,10-13,16-17H2,1-3H3,(H,24,25). The van der Waals surface area contributed by atoms with Crippen molar-refractivity contribution in [2.24, 2.45) is 4.99 Å². The summed E-state index contributed by atoms with van der Waals surface area (Å²) in [6.45, 7) is 2.09. The molecule has 0 bridgehead atoms. The molecule has 3 rings (SSSR count). The van der Waals surface area contributed by atoms with E-state index < -0.39 is 9.84 Å². The van der Waals surface area contributed by atoms with E-state index in [0.29, 0.717) is 19.5 Å². The Kier molecular flexibility index (Phi) is 7.79. The lowest BCUT2D eigenvalue weighted by Crippen LogP contribution is -2.44. The Bertz CT molecular complexity index is 1010. The van der Waals surface area contributed by atoms with Crippen LogP contribution in [0, 0.1) is 0 Å². The SMILES string of the molecule is CN=C(NCCCS(=O)(=O)Cc1ccccc1)N1CCc2cc(OC)c(OC)cc2C1. The van der Waals surface area contributed by atoms with Gasteiger partial charge in [-0.25, -0.2) is 8.42 Å². The number of methoxy groups -OCH3 is 2. The third-order valence-electron chi connectivity index (χ3n) is 5.37. The molecule has 0 aromatic heterocycles. The maximum Gasteiger partial charge on any atom is 0.193 e. The van der Waals surface area contributed by atoms with Gasteiger partial charge >= 0.3 is 0 Å². The van der Waals surface area contributed by atoms with E-state index in [2.05, 4.69) is 15.2 Å². The van der Waals surface area contributed by atoms with Gasteiger partial charge in [0.2, 0.25) is 0 Å². The highest BCUT2D eigenvalue weighted by molar-refractivity contribution is 7.90. The first-order valence-corrected chi connectivity index (χ1v) is 12.2. The minimum absolute atomic E-state index is 0.0801. The summed E-state index contributed by atoms with van der Waals surface area (Å²) in [5.41, 5.74) is 3.25. The van der Waals surface area contributed by atoms with Gasteiger partial charge in [-0.15, -0.1) is 0 Å². The molecule has 0 amide bonds. The lowest BCUT2D eigenvalue weighted by molar-refractivity contribution is 0.346. The number of nitrogens with one attached hydrogen (secondary N) is 1. The number of rotatable bonds is 8. The van der Waals surface area contributed by atoms with Gasteiger partial charge in [0.05, 0.1) is 25.7 Å². The summed E-state index contributed by atoms with van der Waals surface area (Å²) in [7, 11) is 1.89. The summed E-state index contributed by atoms with van der Waals surface area (Å²) < 4.78 is 35.6. The van der Waals surface area contributed by atoms with Crippen molar-refractivity contribution in [3.63, 3.8) is 0 Å². The van der Waals surface area contributed by atoms with Gasteiger partial charge in [0.1, 0.15) is 0 Å². The van der Waals surface area contributed by atoms with E-state index in [4.69, 9.17) is 9.47 Å². The Labute approximate surface area is 185 Å². The molecule has 1 heterocycles. The fourth-order valence-corrected chi connectivity index (χ4v) is 5.22. The first-order valence-electron chi connectivity index (χ1n) is 10.4. The maximum atomic E-state index is 12.4. The number of sulfone groups is 1. The van der Waals surface area contributed by atoms with Crippen LogP contribution in [0.3, 0.4) is 0 Å². The van der Waals surface area contributed by atoms with Crippen LogP contribution in [0.4, 0.5) is 0 Å². The van der Waals surface area contributed by atoms with E-state index in [1.807, 2.05) is 42.5 Å². The Morgan fingerprint density at radius 3 is 2.42 bits per heavy atom. The normalized spacial score (nSPS) is 14.2. The van der Waals surface area contributed by atoms with Crippen LogP contribution in [0.5, 0.6) is 11.5 Å². The topological polar surface area (TPSA) is 80.2 Å². The van der Waals surface area contributed by atoms with Crippen LogP contribution >= 0.6 is 0 Å². The number of aliphatic imine (C=N–C) groups is 1. The molecule has 0 spiro atoms. The lowest BCUT2D eigenvalue weighted by atomic mass is 9.99. The zero-order valence-electron chi connectivity index (χ0n) is 18.4. The molecule has 2 aromatic rings. The van der Waals surface area contributed by atoms with Crippen LogP contribution in [-0.4, -0.2) is 59.4 Å². The first kappa shape index (κ1) is 22.9. The number of nitrogens with zero attached hydrogens (tertiary/aromatic N) is 2. The molecular formula is C23H31N3O4S. The predicted molar refractivity (Wildman–Crippen MR) is 124 cm³/mol. The molecule has 0 fully saturated rings. The highest BCUT2D eigenvalue weighted by Gasteiger charge is 2.21. The highest BCUT2D eigenvalue weighted by Crippen LogP contribution is 2.33. The molecule has 1 N–H and O–H groups in total. The molecule has 1 aliphatic heterocycles. The number of fused-ring (bicyclic) bond motifs is 1. The van der Waals surface area contributed by atoms with Crippen LogP contribution in [0.25, 0.3) is 0 Å². The van der Waals surface area contributed by atoms with Crippen molar-refractivity contribution < 1.29 is 17.9 Å². The number of hydrogen-bond donors (Lipinski definition) is 1. The first-order chi connectivity index (χ1) is 15.0. The summed E-state index contributed by atoms with van der Waals surface area (Å²) in [5, 5.41) is 3.31. The molecule has 1 aliphatic rings. The van der Waals surface area contributed by atoms with Crippen molar-refractivity contribution >= 4 is 15.8 Å². The van der Waals surface area contributed by atoms with Crippen LogP contribution in [0.15, 0.2) is 47.5 Å². The van der Waals surface area contributed by atoms with Crippen molar-refractivity contribution in [1.29, 1.82) is 0 Å². The molecule has 168 valence electrons. The Balaban J connectivity index is 1.53. The second-order valence-electron chi connectivity index (χ2n) is 7.55. The van der Waals surface area contributed by atoms with E-state index >= 15 is 0 Å². The summed E-state index contributed by atoms with van der Waals surface area (Å²) in [6.07, 6.45) is 1.41. The zero-order chi connectivity index (χ0) is 22.3. The quantitative estimate of drug-likeness (QED) is 0.382. The summed E-state index contributed by atoms with van der Waals surface area (Å²) in [6, 6.07) is 13.4. The minimum Gasteiger partial charge on any atom is -0.493 e. The fourth-order valence-electron chi connectivity index (χ4n) is 3.79. The van der Waals surface area contributed by atoms with Crippen molar-refractivity contribution in [2.45, 2.75) is 25.1 Å². The van der Waals surface area contributed by atoms with Gasteiger partial charge in [-0.1, -0.05) is 30.3 Å². The summed E-state index contributed by atoms with van der Waals surface area (Å²) in [4.78, 5) is 6.56. The van der Waals surface area contributed by atoms with E-state index in [-0.39, 0.29) is 11.5 Å². The lowest BCUT2D eigenvalue weighted by Gasteiger charge is -2.32. The van der Waals surface area contributed by atoms with Gasteiger partial charge in [-0.3, -0.25) is 4.99 Å². The predicted octanol–water partition coefficient (Wildman–Crippen LogP) is 2.64. The number of guanidine groups is 1. The summed E-state index contributed by atoms with van der Waals surface area (Å²) in [5.74, 6) is 2.46. The third kappa shape index (κ3) is 6.13.